The Morgan fingerprint density at radius 3 is 2.03 bits per heavy atom. The van der Waals surface area contributed by atoms with Crippen molar-refractivity contribution in [3.05, 3.63) is 118 Å². The number of nitrogens with one attached hydrogen (secondary N) is 1. The van der Waals surface area contributed by atoms with Crippen LogP contribution in [-0.2, 0) is 13.1 Å². The van der Waals surface area contributed by atoms with E-state index in [1.807, 2.05) is 60.7 Å². The van der Waals surface area contributed by atoms with Crippen molar-refractivity contribution in [3.63, 3.8) is 0 Å². The molecule has 0 bridgehead atoms. The normalized spacial score (nSPS) is 10.6. The van der Waals surface area contributed by atoms with Gasteiger partial charge in [-0.3, -0.25) is 10.1 Å². The van der Waals surface area contributed by atoms with Crippen LogP contribution in [0.25, 0.3) is 0 Å². The lowest BCUT2D eigenvalue weighted by Gasteiger charge is -2.24. The Morgan fingerprint density at radius 2 is 1.48 bits per heavy atom. The van der Waals surface area contributed by atoms with Gasteiger partial charge in [0.25, 0.3) is 0 Å². The number of benzene rings is 3. The molecule has 1 N–H and O–H groups in total. The number of anilines is 3. The molecule has 33 heavy (non-hydrogen) atoms. The first-order valence-corrected chi connectivity index (χ1v) is 10.1. The Bertz CT molecular complexity index is 1210. The maximum Gasteiger partial charge on any atom is 0.353 e. The third-order valence-corrected chi connectivity index (χ3v) is 4.90. The summed E-state index contributed by atoms with van der Waals surface area (Å²) >= 11 is 0. The Hall–Kier alpha value is -4.40. The highest BCUT2D eigenvalue weighted by Crippen LogP contribution is 2.35. The summed E-state index contributed by atoms with van der Waals surface area (Å²) in [7, 11) is 0. The molecule has 0 aliphatic carbocycles. The van der Waals surface area contributed by atoms with E-state index in [1.165, 1.54) is 6.33 Å². The van der Waals surface area contributed by atoms with Crippen LogP contribution < -0.4 is 10.2 Å². The number of nitro groups is 1. The van der Waals surface area contributed by atoms with Crippen LogP contribution >= 0.6 is 0 Å². The molecular formula is C24H19F2N5O2. The van der Waals surface area contributed by atoms with Crippen LogP contribution in [0.1, 0.15) is 11.1 Å². The van der Waals surface area contributed by atoms with Gasteiger partial charge in [0.15, 0.2) is 0 Å². The second-order valence-electron chi connectivity index (χ2n) is 7.23. The fourth-order valence-corrected chi connectivity index (χ4v) is 3.39. The Kier molecular flexibility index (Phi) is 6.49. The highest BCUT2D eigenvalue weighted by Gasteiger charge is 2.28. The molecule has 4 aromatic rings. The van der Waals surface area contributed by atoms with Gasteiger partial charge in [-0.15, -0.1) is 0 Å². The third kappa shape index (κ3) is 5.27. The minimum absolute atomic E-state index is 0.0766. The molecule has 4 rings (SSSR count). The summed E-state index contributed by atoms with van der Waals surface area (Å²) < 4.78 is 27.4. The summed E-state index contributed by atoms with van der Waals surface area (Å²) in [5.41, 5.74) is 1.32. The second kappa shape index (κ2) is 9.82. The highest BCUT2D eigenvalue weighted by atomic mass is 19.1. The average molecular weight is 447 g/mol. The van der Waals surface area contributed by atoms with Gasteiger partial charge in [-0.2, -0.15) is 0 Å². The Labute approximate surface area is 188 Å². The van der Waals surface area contributed by atoms with E-state index < -0.39 is 22.2 Å². The van der Waals surface area contributed by atoms with E-state index in [9.17, 15) is 18.9 Å². The number of nitrogens with zero attached hydrogens (tertiary/aromatic N) is 4. The van der Waals surface area contributed by atoms with E-state index in [1.54, 1.807) is 4.90 Å². The molecule has 0 aliphatic rings. The molecule has 0 atom stereocenters. The van der Waals surface area contributed by atoms with Crippen molar-refractivity contribution in [2.45, 2.75) is 13.1 Å². The predicted octanol–water partition coefficient (Wildman–Crippen LogP) is 5.61. The SMILES string of the molecule is O=[N+]([O-])c1c(Nc2ccc(F)cc2F)ncnc1N(Cc1ccccc1)Cc1ccccc1. The molecule has 0 saturated carbocycles. The monoisotopic (exact) mass is 447 g/mol. The van der Waals surface area contributed by atoms with Crippen LogP contribution in [0.4, 0.5) is 31.8 Å². The van der Waals surface area contributed by atoms with Crippen molar-refractivity contribution >= 4 is 23.0 Å². The molecule has 166 valence electrons. The second-order valence-corrected chi connectivity index (χ2v) is 7.23. The average Bonchev–Trinajstić information content (AvgIpc) is 2.81. The third-order valence-electron chi connectivity index (χ3n) is 4.90. The number of hydrogen-bond acceptors (Lipinski definition) is 6. The molecule has 0 unspecified atom stereocenters. The smallest absolute Gasteiger partial charge is 0.342 e. The zero-order valence-corrected chi connectivity index (χ0v) is 17.4. The Balaban J connectivity index is 1.76. The molecule has 1 aromatic heterocycles. The maximum atomic E-state index is 14.2. The molecule has 0 amide bonds. The standard InChI is InChI=1S/C24H19F2N5O2/c25-19-11-12-21(20(26)13-19)29-23-22(31(32)33)24(28-16-27-23)30(14-17-7-3-1-4-8-17)15-18-9-5-2-6-10-18/h1-13,16H,14-15H2,(H,27,28,29). The van der Waals surface area contributed by atoms with E-state index >= 15 is 0 Å². The van der Waals surface area contributed by atoms with E-state index in [0.717, 1.165) is 23.3 Å². The van der Waals surface area contributed by atoms with Crippen LogP contribution in [0.3, 0.4) is 0 Å². The largest absolute Gasteiger partial charge is 0.353 e. The first kappa shape index (κ1) is 21.8. The quantitative estimate of drug-likeness (QED) is 0.279. The van der Waals surface area contributed by atoms with Gasteiger partial charge in [0.05, 0.1) is 10.6 Å². The van der Waals surface area contributed by atoms with Gasteiger partial charge in [-0.1, -0.05) is 60.7 Å². The van der Waals surface area contributed by atoms with Crippen molar-refractivity contribution in [2.75, 3.05) is 10.2 Å². The van der Waals surface area contributed by atoms with Crippen LogP contribution in [0.2, 0.25) is 0 Å². The van der Waals surface area contributed by atoms with Crippen LogP contribution in [0.5, 0.6) is 0 Å². The van der Waals surface area contributed by atoms with E-state index in [4.69, 9.17) is 0 Å². The highest BCUT2D eigenvalue weighted by molar-refractivity contribution is 5.74. The number of aromatic nitrogens is 2. The van der Waals surface area contributed by atoms with Crippen LogP contribution in [0, 0.1) is 21.7 Å². The van der Waals surface area contributed by atoms with E-state index in [2.05, 4.69) is 15.3 Å². The van der Waals surface area contributed by atoms with Crippen molar-refractivity contribution in [2.24, 2.45) is 0 Å². The fourth-order valence-electron chi connectivity index (χ4n) is 3.39. The first-order valence-electron chi connectivity index (χ1n) is 10.1. The molecule has 9 heteroatoms. The topological polar surface area (TPSA) is 84.2 Å². The summed E-state index contributed by atoms with van der Waals surface area (Å²) in [4.78, 5) is 21.4. The number of hydrogen-bond donors (Lipinski definition) is 1. The summed E-state index contributed by atoms with van der Waals surface area (Å²) in [5, 5.41) is 14.7. The summed E-state index contributed by atoms with van der Waals surface area (Å²) in [5.74, 6) is -1.77. The zero-order valence-electron chi connectivity index (χ0n) is 17.4. The number of halogens is 2. The molecule has 0 saturated heterocycles. The van der Waals surface area contributed by atoms with Crippen LogP contribution in [0.15, 0.2) is 85.2 Å². The maximum absolute atomic E-state index is 14.2. The van der Waals surface area contributed by atoms with Crippen molar-refractivity contribution in [1.29, 1.82) is 0 Å². The van der Waals surface area contributed by atoms with Gasteiger partial charge < -0.3 is 10.2 Å². The molecule has 3 aromatic carbocycles. The van der Waals surface area contributed by atoms with Gasteiger partial charge in [-0.05, 0) is 23.3 Å². The minimum Gasteiger partial charge on any atom is -0.342 e. The van der Waals surface area contributed by atoms with Crippen molar-refractivity contribution in [3.8, 4) is 0 Å². The fraction of sp³-hybridized carbons (Fsp3) is 0.0833. The zero-order chi connectivity index (χ0) is 23.2. The van der Waals surface area contributed by atoms with Gasteiger partial charge in [0.1, 0.15) is 18.0 Å². The summed E-state index contributed by atoms with van der Waals surface area (Å²) in [6.45, 7) is 0.690. The molecule has 7 nitrogen and oxygen atoms in total. The first-order chi connectivity index (χ1) is 16.0. The lowest BCUT2D eigenvalue weighted by Crippen LogP contribution is -2.24. The molecule has 1 heterocycles. The summed E-state index contributed by atoms with van der Waals surface area (Å²) in [6, 6.07) is 21.9. The molecule has 0 spiro atoms. The summed E-state index contributed by atoms with van der Waals surface area (Å²) in [6.07, 6.45) is 1.18. The van der Waals surface area contributed by atoms with Gasteiger partial charge in [-0.25, -0.2) is 18.7 Å². The molecule has 0 aliphatic heterocycles. The van der Waals surface area contributed by atoms with Gasteiger partial charge >= 0.3 is 5.69 Å². The lowest BCUT2D eigenvalue weighted by atomic mass is 10.1. The van der Waals surface area contributed by atoms with E-state index in [0.29, 0.717) is 19.2 Å². The predicted molar refractivity (Wildman–Crippen MR) is 121 cm³/mol. The molecular weight excluding hydrogens is 428 g/mol. The lowest BCUT2D eigenvalue weighted by molar-refractivity contribution is -0.383. The molecule has 0 radical (unpaired) electrons. The van der Waals surface area contributed by atoms with Crippen LogP contribution in [-0.4, -0.2) is 14.9 Å². The molecule has 0 fully saturated rings. The van der Waals surface area contributed by atoms with Crippen molar-refractivity contribution < 1.29 is 13.7 Å². The minimum atomic E-state index is -0.894. The number of rotatable bonds is 8. The van der Waals surface area contributed by atoms with E-state index in [-0.39, 0.29) is 17.3 Å². The van der Waals surface area contributed by atoms with Crippen molar-refractivity contribution in [1.82, 2.24) is 9.97 Å². The van der Waals surface area contributed by atoms with Gasteiger partial charge in [0.2, 0.25) is 11.6 Å². The van der Waals surface area contributed by atoms with Gasteiger partial charge in [0, 0.05) is 19.2 Å². The Morgan fingerprint density at radius 1 is 0.879 bits per heavy atom.